The Morgan fingerprint density at radius 3 is 2.72 bits per heavy atom. The summed E-state index contributed by atoms with van der Waals surface area (Å²) in [5.41, 5.74) is 2.75. The third-order valence-electron chi connectivity index (χ3n) is 4.25. The summed E-state index contributed by atoms with van der Waals surface area (Å²) in [4.78, 5) is 19.9. The number of fused-ring (bicyclic) bond motifs is 1. The van der Waals surface area contributed by atoms with Gasteiger partial charge in [-0.3, -0.25) is 9.78 Å². The molecule has 0 radical (unpaired) electrons. The van der Waals surface area contributed by atoms with Gasteiger partial charge in [0.15, 0.2) is 6.61 Å². The number of nitrogens with zero attached hydrogens (tertiary/aromatic N) is 1. The lowest BCUT2D eigenvalue weighted by molar-refractivity contribution is -0.153. The lowest BCUT2D eigenvalue weighted by atomic mass is 10.1. The first-order valence-electron chi connectivity index (χ1n) is 8.82. The summed E-state index contributed by atoms with van der Waals surface area (Å²) in [5.74, 6) is -0.288. The van der Waals surface area contributed by atoms with Gasteiger partial charge in [-0.2, -0.15) is 13.2 Å². The molecule has 6 nitrogen and oxygen atoms in total. The summed E-state index contributed by atoms with van der Waals surface area (Å²) in [7, 11) is 1.60. The average Bonchev–Trinajstić information content (AvgIpc) is 3.10. The number of pyridine rings is 1. The van der Waals surface area contributed by atoms with Gasteiger partial charge < -0.3 is 19.8 Å². The molecule has 2 aromatic heterocycles. The largest absolute Gasteiger partial charge is 0.483 e. The van der Waals surface area contributed by atoms with Crippen LogP contribution in [0.1, 0.15) is 34.6 Å². The third-order valence-corrected chi connectivity index (χ3v) is 4.25. The smallest absolute Gasteiger partial charge is 0.422 e. The van der Waals surface area contributed by atoms with E-state index < -0.39 is 18.8 Å². The van der Waals surface area contributed by atoms with Crippen LogP contribution in [0.2, 0.25) is 0 Å². The Labute approximate surface area is 165 Å². The molecule has 2 heterocycles. The number of aromatic nitrogens is 2. The number of ether oxygens (including phenoxy) is 2. The van der Waals surface area contributed by atoms with Gasteiger partial charge in [0.05, 0.1) is 30.1 Å². The van der Waals surface area contributed by atoms with Gasteiger partial charge in [0.25, 0.3) is 5.91 Å². The number of H-pyrrole nitrogens is 1. The van der Waals surface area contributed by atoms with Crippen LogP contribution in [-0.2, 0) is 11.3 Å². The van der Waals surface area contributed by atoms with Gasteiger partial charge in [-0.1, -0.05) is 6.07 Å². The quantitative estimate of drug-likeness (QED) is 0.617. The fourth-order valence-corrected chi connectivity index (χ4v) is 2.86. The van der Waals surface area contributed by atoms with E-state index in [0.29, 0.717) is 17.9 Å². The predicted molar refractivity (Wildman–Crippen MR) is 101 cm³/mol. The fraction of sp³-hybridized carbons (Fsp3) is 0.300. The van der Waals surface area contributed by atoms with Crippen molar-refractivity contribution < 1.29 is 27.4 Å². The Kier molecular flexibility index (Phi) is 6.07. The van der Waals surface area contributed by atoms with Crippen molar-refractivity contribution in [2.45, 2.75) is 25.7 Å². The zero-order valence-corrected chi connectivity index (χ0v) is 15.8. The number of hydrogen-bond donors (Lipinski definition) is 2. The summed E-state index contributed by atoms with van der Waals surface area (Å²) >= 11 is 0. The molecule has 3 aromatic rings. The number of nitrogens with one attached hydrogen (secondary N) is 2. The number of aromatic amines is 1. The van der Waals surface area contributed by atoms with Crippen LogP contribution in [0, 0.1) is 0 Å². The molecule has 3 rings (SSSR count). The van der Waals surface area contributed by atoms with Crippen molar-refractivity contribution in [1.82, 2.24) is 15.3 Å². The number of hydrogen-bond acceptors (Lipinski definition) is 4. The topological polar surface area (TPSA) is 76.2 Å². The number of methoxy groups -OCH3 is 1. The molecule has 0 aliphatic rings. The first kappa shape index (κ1) is 20.7. The Morgan fingerprint density at radius 2 is 2.07 bits per heavy atom. The van der Waals surface area contributed by atoms with E-state index in [0.717, 1.165) is 16.5 Å². The zero-order valence-electron chi connectivity index (χ0n) is 15.8. The minimum absolute atomic E-state index is 0.00639. The normalized spacial score (nSPS) is 12.7. The summed E-state index contributed by atoms with van der Waals surface area (Å²) in [6, 6.07) is 8.14. The lowest BCUT2D eigenvalue weighted by Crippen LogP contribution is -2.27. The van der Waals surface area contributed by atoms with Crippen molar-refractivity contribution in [3.05, 3.63) is 59.5 Å². The second-order valence-electron chi connectivity index (χ2n) is 6.53. The van der Waals surface area contributed by atoms with Crippen molar-refractivity contribution >= 4 is 16.8 Å². The highest BCUT2D eigenvalue weighted by Gasteiger charge is 2.28. The van der Waals surface area contributed by atoms with E-state index in [9.17, 15) is 18.0 Å². The number of benzene rings is 1. The standard InChI is InChI=1S/C20H20F3N3O3/c1-12(17-6-4-14(8-24-17)29-11-20(21,22)23)26-19(27)16-9-25-18-5-3-13(10-28-2)7-15(16)18/h3-9,12,25H,10-11H2,1-2H3,(H,26,27)/t12-/m1/s1. The highest BCUT2D eigenvalue weighted by Crippen LogP contribution is 2.22. The minimum atomic E-state index is -4.41. The number of halogens is 3. The summed E-state index contributed by atoms with van der Waals surface area (Å²) < 4.78 is 46.4. The highest BCUT2D eigenvalue weighted by molar-refractivity contribution is 6.07. The van der Waals surface area contributed by atoms with E-state index in [1.165, 1.54) is 18.3 Å². The Balaban J connectivity index is 1.69. The maximum atomic E-state index is 12.7. The van der Waals surface area contributed by atoms with Gasteiger partial charge in [0.1, 0.15) is 5.75 Å². The number of rotatable bonds is 7. The average molecular weight is 407 g/mol. The molecule has 0 unspecified atom stereocenters. The van der Waals surface area contributed by atoms with Crippen LogP contribution < -0.4 is 10.1 Å². The maximum Gasteiger partial charge on any atom is 0.422 e. The Hall–Kier alpha value is -3.07. The molecule has 1 amide bonds. The minimum Gasteiger partial charge on any atom is -0.483 e. The summed E-state index contributed by atoms with van der Waals surface area (Å²) in [5, 5.41) is 3.62. The first-order valence-corrected chi connectivity index (χ1v) is 8.82. The van der Waals surface area contributed by atoms with E-state index in [1.54, 1.807) is 20.2 Å². The van der Waals surface area contributed by atoms with E-state index in [2.05, 4.69) is 20.0 Å². The second-order valence-corrected chi connectivity index (χ2v) is 6.53. The molecule has 1 aromatic carbocycles. The molecule has 0 spiro atoms. The van der Waals surface area contributed by atoms with Crippen molar-refractivity contribution in [3.63, 3.8) is 0 Å². The number of alkyl halides is 3. The second kappa shape index (κ2) is 8.52. The zero-order chi connectivity index (χ0) is 21.0. The molecule has 2 N–H and O–H groups in total. The molecule has 0 aliphatic carbocycles. The molecular formula is C20H20F3N3O3. The maximum absolute atomic E-state index is 12.7. The van der Waals surface area contributed by atoms with Gasteiger partial charge in [0.2, 0.25) is 0 Å². The monoisotopic (exact) mass is 407 g/mol. The number of amides is 1. The molecule has 0 saturated heterocycles. The Morgan fingerprint density at radius 1 is 1.28 bits per heavy atom. The fourth-order valence-electron chi connectivity index (χ4n) is 2.86. The van der Waals surface area contributed by atoms with Crippen LogP contribution in [0.25, 0.3) is 10.9 Å². The van der Waals surface area contributed by atoms with Crippen LogP contribution in [0.15, 0.2) is 42.7 Å². The molecule has 0 fully saturated rings. The van der Waals surface area contributed by atoms with Crippen molar-refractivity contribution in [2.24, 2.45) is 0 Å². The molecule has 1 atom stereocenters. The Bertz CT molecular complexity index is 984. The van der Waals surface area contributed by atoms with E-state index in [-0.39, 0.29) is 11.7 Å². The van der Waals surface area contributed by atoms with Gasteiger partial charge in [-0.25, -0.2) is 0 Å². The van der Waals surface area contributed by atoms with E-state index in [1.807, 2.05) is 18.2 Å². The van der Waals surface area contributed by atoms with E-state index >= 15 is 0 Å². The van der Waals surface area contributed by atoms with Crippen LogP contribution >= 0.6 is 0 Å². The van der Waals surface area contributed by atoms with Gasteiger partial charge in [-0.15, -0.1) is 0 Å². The highest BCUT2D eigenvalue weighted by atomic mass is 19.4. The number of carbonyl (C=O) groups is 1. The van der Waals surface area contributed by atoms with Gasteiger partial charge in [-0.05, 0) is 36.8 Å². The first-order chi connectivity index (χ1) is 13.8. The van der Waals surface area contributed by atoms with Crippen LogP contribution in [0.3, 0.4) is 0 Å². The molecule has 154 valence electrons. The molecule has 0 bridgehead atoms. The van der Waals surface area contributed by atoms with E-state index in [4.69, 9.17) is 4.74 Å². The van der Waals surface area contributed by atoms with Crippen molar-refractivity contribution in [2.75, 3.05) is 13.7 Å². The molecule has 29 heavy (non-hydrogen) atoms. The van der Waals surface area contributed by atoms with Gasteiger partial charge >= 0.3 is 6.18 Å². The SMILES string of the molecule is COCc1ccc2[nH]cc(C(=O)N[C@H](C)c3ccc(OCC(F)(F)F)cn3)c2c1. The predicted octanol–water partition coefficient (Wildman–Crippen LogP) is 4.14. The summed E-state index contributed by atoms with van der Waals surface area (Å²) in [6.45, 7) is 0.791. The van der Waals surface area contributed by atoms with Crippen LogP contribution in [0.4, 0.5) is 13.2 Å². The molecule has 9 heteroatoms. The lowest BCUT2D eigenvalue weighted by Gasteiger charge is -2.14. The summed E-state index contributed by atoms with van der Waals surface area (Å²) in [6.07, 6.45) is -1.58. The van der Waals surface area contributed by atoms with Crippen LogP contribution in [-0.4, -0.2) is 35.8 Å². The van der Waals surface area contributed by atoms with Crippen LogP contribution in [0.5, 0.6) is 5.75 Å². The third kappa shape index (κ3) is 5.26. The van der Waals surface area contributed by atoms with Gasteiger partial charge in [0, 0.05) is 24.2 Å². The number of carbonyl (C=O) groups excluding carboxylic acids is 1. The van der Waals surface area contributed by atoms with Crippen molar-refractivity contribution in [3.8, 4) is 5.75 Å². The molecular weight excluding hydrogens is 387 g/mol. The molecule has 0 aliphatic heterocycles. The van der Waals surface area contributed by atoms with Crippen molar-refractivity contribution in [1.29, 1.82) is 0 Å². The molecule has 0 saturated carbocycles.